The Hall–Kier alpha value is -1.69. The molecule has 0 amide bonds. The molecular formula is C14H16F3N3. The number of hydrogen-bond donors (Lipinski definition) is 0. The zero-order valence-electron chi connectivity index (χ0n) is 11.2. The maximum Gasteiger partial charge on any atom is 0.433 e. The van der Waals surface area contributed by atoms with Gasteiger partial charge < -0.3 is 9.91 Å². The standard InChI is InChI=1S/C14H16F3N3/c1-18-6-8-19(9-7-18)20-12-5-3-2-4-11(12)10-13(20)14(15,16)17/h2-5,10H,6-9H2,1H3. The number of likely N-dealkylation sites (N-methyl/N-ethyl adjacent to an activating group) is 1. The molecule has 1 aromatic carbocycles. The van der Waals surface area contributed by atoms with Gasteiger partial charge in [0.15, 0.2) is 0 Å². The van der Waals surface area contributed by atoms with Crippen LogP contribution in [0.4, 0.5) is 13.2 Å². The van der Waals surface area contributed by atoms with Crippen molar-refractivity contribution in [3.63, 3.8) is 0 Å². The summed E-state index contributed by atoms with van der Waals surface area (Å²) in [5.74, 6) is 0. The van der Waals surface area contributed by atoms with Gasteiger partial charge in [0.1, 0.15) is 5.69 Å². The first kappa shape index (κ1) is 13.3. The Labute approximate surface area is 115 Å². The van der Waals surface area contributed by atoms with E-state index in [1.165, 1.54) is 10.7 Å². The summed E-state index contributed by atoms with van der Waals surface area (Å²) in [5, 5.41) is 2.41. The summed E-state index contributed by atoms with van der Waals surface area (Å²) >= 11 is 0. The summed E-state index contributed by atoms with van der Waals surface area (Å²) < 4.78 is 41.1. The Morgan fingerprint density at radius 1 is 1.00 bits per heavy atom. The smallest absolute Gasteiger partial charge is 0.310 e. The molecule has 2 heterocycles. The van der Waals surface area contributed by atoms with Crippen molar-refractivity contribution in [1.82, 2.24) is 9.58 Å². The third-order valence-electron chi connectivity index (χ3n) is 3.74. The summed E-state index contributed by atoms with van der Waals surface area (Å²) in [6.07, 6.45) is -4.34. The normalized spacial score (nSPS) is 17.9. The van der Waals surface area contributed by atoms with Gasteiger partial charge >= 0.3 is 6.18 Å². The maximum absolute atomic E-state index is 13.3. The van der Waals surface area contributed by atoms with E-state index in [0.717, 1.165) is 13.1 Å². The van der Waals surface area contributed by atoms with Gasteiger partial charge in [0.05, 0.1) is 5.52 Å². The second-order valence-corrected chi connectivity index (χ2v) is 5.15. The molecule has 0 N–H and O–H groups in total. The Morgan fingerprint density at radius 3 is 2.30 bits per heavy atom. The van der Waals surface area contributed by atoms with Crippen LogP contribution in [-0.2, 0) is 6.18 Å². The van der Waals surface area contributed by atoms with Gasteiger partial charge in [-0.15, -0.1) is 0 Å². The van der Waals surface area contributed by atoms with E-state index in [2.05, 4.69) is 4.90 Å². The minimum atomic E-state index is -4.34. The van der Waals surface area contributed by atoms with Crippen LogP contribution in [0.3, 0.4) is 0 Å². The number of alkyl halides is 3. The third kappa shape index (κ3) is 2.24. The molecule has 0 radical (unpaired) electrons. The molecule has 0 spiro atoms. The lowest BCUT2D eigenvalue weighted by Crippen LogP contribution is -2.50. The minimum Gasteiger partial charge on any atom is -0.310 e. The van der Waals surface area contributed by atoms with Gasteiger partial charge in [-0.3, -0.25) is 4.68 Å². The molecule has 0 bridgehead atoms. The number of piperazine rings is 1. The van der Waals surface area contributed by atoms with E-state index in [-0.39, 0.29) is 0 Å². The van der Waals surface area contributed by atoms with Gasteiger partial charge in [0.2, 0.25) is 0 Å². The lowest BCUT2D eigenvalue weighted by atomic mass is 10.2. The predicted molar refractivity (Wildman–Crippen MR) is 72.4 cm³/mol. The highest BCUT2D eigenvalue weighted by molar-refractivity contribution is 5.81. The van der Waals surface area contributed by atoms with Crippen molar-refractivity contribution >= 4 is 10.9 Å². The van der Waals surface area contributed by atoms with E-state index >= 15 is 0 Å². The van der Waals surface area contributed by atoms with Crippen LogP contribution in [-0.4, -0.2) is 42.8 Å². The van der Waals surface area contributed by atoms with Gasteiger partial charge in [-0.05, 0) is 19.2 Å². The molecule has 6 heteroatoms. The van der Waals surface area contributed by atoms with E-state index in [0.29, 0.717) is 24.0 Å². The molecule has 0 saturated carbocycles. The molecule has 3 nitrogen and oxygen atoms in total. The molecule has 3 rings (SSSR count). The number of benzene rings is 1. The van der Waals surface area contributed by atoms with Crippen LogP contribution in [0.1, 0.15) is 5.69 Å². The van der Waals surface area contributed by atoms with Crippen LogP contribution in [0, 0.1) is 0 Å². The topological polar surface area (TPSA) is 11.4 Å². The Balaban J connectivity index is 2.11. The molecule has 0 aliphatic carbocycles. The summed E-state index contributed by atoms with van der Waals surface area (Å²) in [7, 11) is 1.98. The minimum absolute atomic E-state index is 0.594. The number of nitrogens with zero attached hydrogens (tertiary/aromatic N) is 3. The Kier molecular flexibility index (Phi) is 3.12. The van der Waals surface area contributed by atoms with Crippen LogP contribution in [0.5, 0.6) is 0 Å². The quantitative estimate of drug-likeness (QED) is 0.797. The van der Waals surface area contributed by atoms with Gasteiger partial charge in [-0.2, -0.15) is 13.2 Å². The molecule has 0 unspecified atom stereocenters. The van der Waals surface area contributed by atoms with E-state index in [9.17, 15) is 13.2 Å². The highest BCUT2D eigenvalue weighted by atomic mass is 19.4. The first-order valence-electron chi connectivity index (χ1n) is 6.58. The predicted octanol–water partition coefficient (Wildman–Crippen LogP) is 2.54. The summed E-state index contributed by atoms with van der Waals surface area (Å²) in [6, 6.07) is 8.22. The van der Waals surface area contributed by atoms with Gasteiger partial charge in [0, 0.05) is 31.6 Å². The average Bonchev–Trinajstić information content (AvgIpc) is 2.79. The summed E-state index contributed by atoms with van der Waals surface area (Å²) in [6.45, 7) is 2.73. The van der Waals surface area contributed by atoms with Crippen LogP contribution in [0.15, 0.2) is 30.3 Å². The number of aromatic nitrogens is 1. The van der Waals surface area contributed by atoms with Crippen molar-refractivity contribution in [2.45, 2.75) is 6.18 Å². The third-order valence-corrected chi connectivity index (χ3v) is 3.74. The van der Waals surface area contributed by atoms with Crippen molar-refractivity contribution in [3.05, 3.63) is 36.0 Å². The fourth-order valence-electron chi connectivity index (χ4n) is 2.64. The summed E-state index contributed by atoms with van der Waals surface area (Å²) in [4.78, 5) is 2.12. The van der Waals surface area contributed by atoms with Crippen LogP contribution in [0.2, 0.25) is 0 Å². The number of fused-ring (bicyclic) bond motifs is 1. The number of rotatable bonds is 1. The Morgan fingerprint density at radius 2 is 1.65 bits per heavy atom. The van der Waals surface area contributed by atoms with Crippen molar-refractivity contribution in [1.29, 1.82) is 0 Å². The van der Waals surface area contributed by atoms with E-state index in [4.69, 9.17) is 0 Å². The molecule has 1 aromatic heterocycles. The molecule has 2 aromatic rings. The van der Waals surface area contributed by atoms with Gasteiger partial charge in [0.25, 0.3) is 0 Å². The van der Waals surface area contributed by atoms with Crippen molar-refractivity contribution in [3.8, 4) is 0 Å². The number of halogens is 3. The maximum atomic E-state index is 13.3. The molecule has 1 aliphatic rings. The van der Waals surface area contributed by atoms with E-state index in [1.807, 2.05) is 7.05 Å². The fraction of sp³-hybridized carbons (Fsp3) is 0.429. The molecule has 1 fully saturated rings. The second-order valence-electron chi connectivity index (χ2n) is 5.15. The van der Waals surface area contributed by atoms with Crippen LogP contribution >= 0.6 is 0 Å². The van der Waals surface area contributed by atoms with Crippen LogP contribution < -0.4 is 5.01 Å². The molecule has 20 heavy (non-hydrogen) atoms. The second kappa shape index (κ2) is 4.70. The molecule has 1 aliphatic heterocycles. The average molecular weight is 283 g/mol. The first-order valence-corrected chi connectivity index (χ1v) is 6.58. The first-order chi connectivity index (χ1) is 9.47. The van der Waals surface area contributed by atoms with E-state index < -0.39 is 11.9 Å². The van der Waals surface area contributed by atoms with Gasteiger partial charge in [-0.25, -0.2) is 0 Å². The summed E-state index contributed by atoms with van der Waals surface area (Å²) in [5.41, 5.74) is 0.0210. The highest BCUT2D eigenvalue weighted by Gasteiger charge is 2.37. The highest BCUT2D eigenvalue weighted by Crippen LogP contribution is 2.34. The molecule has 1 saturated heterocycles. The zero-order valence-corrected chi connectivity index (χ0v) is 11.2. The van der Waals surface area contributed by atoms with Crippen LogP contribution in [0.25, 0.3) is 10.9 Å². The molecule has 0 atom stereocenters. The lowest BCUT2D eigenvalue weighted by molar-refractivity contribution is -0.143. The van der Waals surface area contributed by atoms with Gasteiger partial charge in [-0.1, -0.05) is 18.2 Å². The zero-order chi connectivity index (χ0) is 14.3. The van der Waals surface area contributed by atoms with E-state index in [1.54, 1.807) is 29.3 Å². The fourth-order valence-corrected chi connectivity index (χ4v) is 2.64. The van der Waals surface area contributed by atoms with Crippen molar-refractivity contribution in [2.24, 2.45) is 0 Å². The van der Waals surface area contributed by atoms with Crippen molar-refractivity contribution < 1.29 is 13.2 Å². The molecule has 108 valence electrons. The number of para-hydroxylation sites is 1. The van der Waals surface area contributed by atoms with Crippen molar-refractivity contribution in [2.75, 3.05) is 38.2 Å². The largest absolute Gasteiger partial charge is 0.433 e. The Bertz CT molecular complexity index is 610. The number of hydrogen-bond acceptors (Lipinski definition) is 2. The molecular weight excluding hydrogens is 267 g/mol. The lowest BCUT2D eigenvalue weighted by Gasteiger charge is -2.36. The SMILES string of the molecule is CN1CCN(n2c(C(F)(F)F)cc3ccccc32)CC1. The monoisotopic (exact) mass is 283 g/mol.